The van der Waals surface area contributed by atoms with Crippen molar-refractivity contribution < 1.29 is 19.4 Å². The minimum absolute atomic E-state index is 0.103. The molecule has 0 aliphatic heterocycles. The summed E-state index contributed by atoms with van der Waals surface area (Å²) >= 11 is 0. The van der Waals surface area contributed by atoms with Crippen LogP contribution in [0.3, 0.4) is 0 Å². The van der Waals surface area contributed by atoms with Gasteiger partial charge in [-0.2, -0.15) is 0 Å². The first-order valence-electron chi connectivity index (χ1n) is 5.92. The number of carbonyl (C=O) groups excluding carboxylic acids is 1. The fourth-order valence-electron chi connectivity index (χ4n) is 2.08. The van der Waals surface area contributed by atoms with Gasteiger partial charge in [0, 0.05) is 10.9 Å². The van der Waals surface area contributed by atoms with Crippen molar-refractivity contribution in [2.45, 2.75) is 19.8 Å². The van der Waals surface area contributed by atoms with Gasteiger partial charge in [0.15, 0.2) is 0 Å². The Hall–Kier alpha value is -2.30. The van der Waals surface area contributed by atoms with Gasteiger partial charge in [-0.1, -0.05) is 13.8 Å². The third-order valence-electron chi connectivity index (χ3n) is 3.05. The summed E-state index contributed by atoms with van der Waals surface area (Å²) in [6.45, 7) is 3.93. The lowest BCUT2D eigenvalue weighted by Gasteiger charge is -2.11. The molecule has 5 heteroatoms. The molecule has 0 saturated carbocycles. The number of rotatable bonds is 3. The van der Waals surface area contributed by atoms with Crippen LogP contribution in [0.5, 0.6) is 0 Å². The molecular weight excluding hydrogens is 246 g/mol. The number of nitrogens with one attached hydrogen (secondary N) is 1. The predicted octanol–water partition coefficient (Wildman–Crippen LogP) is 2.78. The summed E-state index contributed by atoms with van der Waals surface area (Å²) in [6, 6.07) is 4.98. The van der Waals surface area contributed by atoms with Gasteiger partial charge in [0.25, 0.3) is 0 Å². The van der Waals surface area contributed by atoms with Crippen LogP contribution in [-0.2, 0) is 4.74 Å². The Morgan fingerprint density at radius 1 is 1.26 bits per heavy atom. The van der Waals surface area contributed by atoms with Gasteiger partial charge in [0.2, 0.25) is 0 Å². The van der Waals surface area contributed by atoms with Gasteiger partial charge in [-0.15, -0.1) is 0 Å². The summed E-state index contributed by atoms with van der Waals surface area (Å²) in [5.41, 5.74) is 2.11. The number of aromatic carboxylic acids is 1. The number of carboxylic acids is 1. The molecule has 0 spiro atoms. The molecule has 1 aromatic carbocycles. The molecule has 1 heterocycles. The number of aromatic nitrogens is 1. The van der Waals surface area contributed by atoms with Crippen LogP contribution in [-0.4, -0.2) is 29.1 Å². The molecule has 0 amide bonds. The lowest BCUT2D eigenvalue weighted by molar-refractivity contribution is 0.0598. The third kappa shape index (κ3) is 2.31. The first kappa shape index (κ1) is 13.1. The van der Waals surface area contributed by atoms with Crippen LogP contribution in [0.2, 0.25) is 0 Å². The molecule has 5 nitrogen and oxygen atoms in total. The average molecular weight is 261 g/mol. The average Bonchev–Trinajstić information content (AvgIpc) is 2.79. The van der Waals surface area contributed by atoms with E-state index in [0.717, 1.165) is 5.56 Å². The van der Waals surface area contributed by atoms with Crippen molar-refractivity contribution >= 4 is 22.8 Å². The van der Waals surface area contributed by atoms with Crippen molar-refractivity contribution in [3.63, 3.8) is 0 Å². The van der Waals surface area contributed by atoms with Crippen molar-refractivity contribution in [3.05, 3.63) is 35.0 Å². The number of H-pyrrole nitrogens is 1. The van der Waals surface area contributed by atoms with Gasteiger partial charge in [-0.05, 0) is 29.7 Å². The molecule has 2 aromatic rings. The number of aromatic amines is 1. The Kier molecular flexibility index (Phi) is 3.29. The number of hydrogen-bond acceptors (Lipinski definition) is 3. The third-order valence-corrected chi connectivity index (χ3v) is 3.05. The fourth-order valence-corrected chi connectivity index (χ4v) is 2.08. The van der Waals surface area contributed by atoms with E-state index in [4.69, 9.17) is 9.84 Å². The van der Waals surface area contributed by atoms with Crippen LogP contribution in [0.15, 0.2) is 18.2 Å². The molecule has 2 rings (SSSR count). The number of esters is 1. The van der Waals surface area contributed by atoms with E-state index in [-0.39, 0.29) is 11.6 Å². The highest BCUT2D eigenvalue weighted by Crippen LogP contribution is 2.27. The molecular formula is C14H15NO4. The second kappa shape index (κ2) is 4.76. The zero-order valence-electron chi connectivity index (χ0n) is 11.0. The number of carbonyl (C=O) groups is 2. The van der Waals surface area contributed by atoms with Crippen LogP contribution in [0, 0.1) is 0 Å². The maximum absolute atomic E-state index is 11.8. The summed E-state index contributed by atoms with van der Waals surface area (Å²) in [7, 11) is 1.33. The quantitative estimate of drug-likeness (QED) is 0.832. The lowest BCUT2D eigenvalue weighted by atomic mass is 9.95. The summed E-state index contributed by atoms with van der Waals surface area (Å²) in [5.74, 6) is -1.30. The Balaban J connectivity index is 2.69. The van der Waals surface area contributed by atoms with Crippen LogP contribution >= 0.6 is 0 Å². The predicted molar refractivity (Wildman–Crippen MR) is 70.7 cm³/mol. The molecule has 19 heavy (non-hydrogen) atoms. The van der Waals surface area contributed by atoms with E-state index in [1.165, 1.54) is 13.2 Å². The molecule has 2 N–H and O–H groups in total. The molecule has 100 valence electrons. The van der Waals surface area contributed by atoms with Gasteiger partial charge < -0.3 is 14.8 Å². The van der Waals surface area contributed by atoms with Crippen molar-refractivity contribution in [2.75, 3.05) is 7.11 Å². The van der Waals surface area contributed by atoms with Gasteiger partial charge in [-0.3, -0.25) is 0 Å². The molecule has 0 fully saturated rings. The minimum atomic E-state index is -1.03. The Bertz CT molecular complexity index is 655. The Labute approximate surface area is 110 Å². The van der Waals surface area contributed by atoms with E-state index in [2.05, 4.69) is 4.98 Å². The normalized spacial score (nSPS) is 10.9. The van der Waals surface area contributed by atoms with Crippen molar-refractivity contribution in [1.82, 2.24) is 4.98 Å². The van der Waals surface area contributed by atoms with Gasteiger partial charge >= 0.3 is 11.9 Å². The van der Waals surface area contributed by atoms with Crippen LogP contribution in [0.1, 0.15) is 46.2 Å². The molecule has 0 saturated heterocycles. The topological polar surface area (TPSA) is 79.4 Å². The highest BCUT2D eigenvalue weighted by molar-refractivity contribution is 5.99. The second-order valence-electron chi connectivity index (χ2n) is 4.66. The molecule has 0 aliphatic carbocycles. The van der Waals surface area contributed by atoms with E-state index in [0.29, 0.717) is 16.5 Å². The highest BCUT2D eigenvalue weighted by Gasteiger charge is 2.17. The first-order valence-corrected chi connectivity index (χ1v) is 5.92. The minimum Gasteiger partial charge on any atom is -0.477 e. The second-order valence-corrected chi connectivity index (χ2v) is 4.66. The maximum Gasteiger partial charge on any atom is 0.352 e. The van der Waals surface area contributed by atoms with E-state index in [1.807, 2.05) is 13.8 Å². The van der Waals surface area contributed by atoms with Crippen LogP contribution in [0.4, 0.5) is 0 Å². The number of hydrogen-bond donors (Lipinski definition) is 2. The number of ether oxygens (including phenoxy) is 1. The summed E-state index contributed by atoms with van der Waals surface area (Å²) in [5, 5.41) is 9.65. The Morgan fingerprint density at radius 2 is 1.95 bits per heavy atom. The SMILES string of the molecule is COC(=O)c1cc2cc(C(=O)O)[nH]c2cc1C(C)C. The lowest BCUT2D eigenvalue weighted by Crippen LogP contribution is -2.06. The molecule has 0 radical (unpaired) electrons. The van der Waals surface area contributed by atoms with Crippen LogP contribution in [0.25, 0.3) is 10.9 Å². The van der Waals surface area contributed by atoms with Crippen molar-refractivity contribution in [1.29, 1.82) is 0 Å². The molecule has 0 aliphatic rings. The molecule has 1 aromatic heterocycles. The van der Waals surface area contributed by atoms with Crippen LogP contribution < -0.4 is 0 Å². The number of benzene rings is 1. The van der Waals surface area contributed by atoms with Gasteiger partial charge in [-0.25, -0.2) is 9.59 Å². The number of carboxylic acid groups (broad SMARTS) is 1. The first-order chi connectivity index (χ1) is 8.93. The fraction of sp³-hybridized carbons (Fsp3) is 0.286. The van der Waals surface area contributed by atoms with E-state index in [1.54, 1.807) is 12.1 Å². The number of methoxy groups -OCH3 is 1. The zero-order chi connectivity index (χ0) is 14.2. The van der Waals surface area contributed by atoms with Gasteiger partial charge in [0.1, 0.15) is 5.69 Å². The largest absolute Gasteiger partial charge is 0.477 e. The van der Waals surface area contributed by atoms with E-state index < -0.39 is 11.9 Å². The summed E-state index contributed by atoms with van der Waals surface area (Å²) < 4.78 is 4.76. The van der Waals surface area contributed by atoms with Crippen molar-refractivity contribution in [3.8, 4) is 0 Å². The number of fused-ring (bicyclic) bond motifs is 1. The summed E-state index contributed by atoms with van der Waals surface area (Å²) in [6.07, 6.45) is 0. The van der Waals surface area contributed by atoms with Gasteiger partial charge in [0.05, 0.1) is 12.7 Å². The smallest absolute Gasteiger partial charge is 0.352 e. The molecule has 0 atom stereocenters. The highest BCUT2D eigenvalue weighted by atomic mass is 16.5. The maximum atomic E-state index is 11.8. The monoisotopic (exact) mass is 261 g/mol. The van der Waals surface area contributed by atoms with E-state index >= 15 is 0 Å². The standard InChI is InChI=1S/C14H15NO4/c1-7(2)9-6-11-8(4-10(9)14(18)19-3)5-12(15-11)13(16)17/h4-7,15H,1-3H3,(H,16,17). The summed E-state index contributed by atoms with van der Waals surface area (Å²) in [4.78, 5) is 25.5. The Morgan fingerprint density at radius 3 is 2.47 bits per heavy atom. The van der Waals surface area contributed by atoms with E-state index in [9.17, 15) is 9.59 Å². The molecule has 0 unspecified atom stereocenters. The zero-order valence-corrected chi connectivity index (χ0v) is 11.0. The molecule has 0 bridgehead atoms. The van der Waals surface area contributed by atoms with Crippen molar-refractivity contribution in [2.24, 2.45) is 0 Å².